The Morgan fingerprint density at radius 3 is 2.33 bits per heavy atom. The molecule has 1 N–H and O–H groups in total. The highest BCUT2D eigenvalue weighted by atomic mass is 19.4. The van der Waals surface area contributed by atoms with Gasteiger partial charge in [-0.2, -0.15) is 13.2 Å². The summed E-state index contributed by atoms with van der Waals surface area (Å²) in [5, 5.41) is 10.4. The third-order valence-corrected chi connectivity index (χ3v) is 6.48. The first kappa shape index (κ1) is 21.0. The molecule has 2 fully saturated rings. The van der Waals surface area contributed by atoms with Gasteiger partial charge in [-0.25, -0.2) is 0 Å². The Kier molecular flexibility index (Phi) is 6.23. The molecule has 1 saturated heterocycles. The third kappa shape index (κ3) is 4.91. The standard InChI is InChI=1S/C24H29F3N2O/c25-24(26,27)21-7-4-8-22(16-21)29-13-11-28(12-14-29)17-20-15-19(9-10-23(20)30)18-5-2-1-3-6-18/h4,7-10,15-16,18,30H,1-3,5-6,11-14,17H2. The number of phenolic OH excluding ortho intramolecular Hbond substituents is 1. The minimum absolute atomic E-state index is 0.329. The summed E-state index contributed by atoms with van der Waals surface area (Å²) in [4.78, 5) is 4.27. The number of anilines is 1. The molecule has 0 amide bonds. The van der Waals surface area contributed by atoms with Crippen molar-refractivity contribution < 1.29 is 18.3 Å². The summed E-state index contributed by atoms with van der Waals surface area (Å²) in [5.74, 6) is 0.922. The number of rotatable bonds is 4. The van der Waals surface area contributed by atoms with Crippen LogP contribution in [0.5, 0.6) is 5.75 Å². The molecule has 0 radical (unpaired) electrons. The van der Waals surface area contributed by atoms with E-state index < -0.39 is 11.7 Å². The van der Waals surface area contributed by atoms with Gasteiger partial charge in [0.25, 0.3) is 0 Å². The quantitative estimate of drug-likeness (QED) is 0.682. The topological polar surface area (TPSA) is 26.7 Å². The van der Waals surface area contributed by atoms with E-state index in [2.05, 4.69) is 17.0 Å². The molecule has 2 aromatic rings. The molecule has 2 aromatic carbocycles. The molecule has 1 saturated carbocycles. The molecule has 162 valence electrons. The number of piperazine rings is 1. The van der Waals surface area contributed by atoms with E-state index in [1.54, 1.807) is 6.07 Å². The molecule has 6 heteroatoms. The van der Waals surface area contributed by atoms with Crippen LogP contribution in [0, 0.1) is 0 Å². The van der Waals surface area contributed by atoms with E-state index in [-0.39, 0.29) is 0 Å². The summed E-state index contributed by atoms with van der Waals surface area (Å²) in [7, 11) is 0. The van der Waals surface area contributed by atoms with Crippen molar-refractivity contribution in [1.29, 1.82) is 0 Å². The molecule has 1 heterocycles. The minimum Gasteiger partial charge on any atom is -0.508 e. The van der Waals surface area contributed by atoms with Gasteiger partial charge in [0.15, 0.2) is 0 Å². The molecule has 3 nitrogen and oxygen atoms in total. The van der Waals surface area contributed by atoms with Gasteiger partial charge in [-0.1, -0.05) is 37.5 Å². The SMILES string of the molecule is Oc1ccc(C2CCCCC2)cc1CN1CCN(c2cccc(C(F)(F)F)c2)CC1. The number of phenols is 1. The number of hydrogen-bond acceptors (Lipinski definition) is 3. The lowest BCUT2D eigenvalue weighted by Gasteiger charge is -2.36. The fourth-order valence-corrected chi connectivity index (χ4v) is 4.71. The zero-order valence-corrected chi connectivity index (χ0v) is 17.2. The second-order valence-electron chi connectivity index (χ2n) is 8.53. The highest BCUT2D eigenvalue weighted by Crippen LogP contribution is 2.35. The first-order valence-corrected chi connectivity index (χ1v) is 10.9. The number of alkyl halides is 3. The number of aromatic hydroxyl groups is 1. The van der Waals surface area contributed by atoms with Crippen LogP contribution in [0.2, 0.25) is 0 Å². The van der Waals surface area contributed by atoms with Gasteiger partial charge in [0.2, 0.25) is 0 Å². The molecular weight excluding hydrogens is 389 g/mol. The number of hydrogen-bond donors (Lipinski definition) is 1. The van der Waals surface area contributed by atoms with Crippen molar-refractivity contribution >= 4 is 5.69 Å². The molecule has 0 spiro atoms. The summed E-state index contributed by atoms with van der Waals surface area (Å²) >= 11 is 0. The molecule has 30 heavy (non-hydrogen) atoms. The van der Waals surface area contributed by atoms with Crippen molar-refractivity contribution in [1.82, 2.24) is 4.90 Å². The predicted molar refractivity (Wildman–Crippen MR) is 113 cm³/mol. The summed E-state index contributed by atoms with van der Waals surface area (Å²) < 4.78 is 39.0. The second-order valence-corrected chi connectivity index (χ2v) is 8.53. The van der Waals surface area contributed by atoms with Crippen molar-refractivity contribution in [2.75, 3.05) is 31.1 Å². The molecule has 0 atom stereocenters. The maximum atomic E-state index is 13.0. The molecule has 1 aliphatic carbocycles. The van der Waals surface area contributed by atoms with E-state index in [1.165, 1.54) is 49.8 Å². The molecule has 0 aromatic heterocycles. The first-order chi connectivity index (χ1) is 14.4. The Bertz CT molecular complexity index is 854. The van der Waals surface area contributed by atoms with Crippen LogP contribution in [-0.2, 0) is 12.7 Å². The van der Waals surface area contributed by atoms with Crippen LogP contribution in [-0.4, -0.2) is 36.2 Å². The molecule has 0 unspecified atom stereocenters. The largest absolute Gasteiger partial charge is 0.508 e. The van der Waals surface area contributed by atoms with Crippen LogP contribution in [0.3, 0.4) is 0 Å². The Hall–Kier alpha value is -2.21. The maximum absolute atomic E-state index is 13.0. The van der Waals surface area contributed by atoms with Crippen LogP contribution >= 0.6 is 0 Å². The van der Waals surface area contributed by atoms with E-state index in [4.69, 9.17) is 0 Å². The zero-order valence-electron chi connectivity index (χ0n) is 17.2. The van der Waals surface area contributed by atoms with Gasteiger partial charge in [0, 0.05) is 44.0 Å². The Labute approximate surface area is 176 Å². The fourth-order valence-electron chi connectivity index (χ4n) is 4.71. The average Bonchev–Trinajstić information content (AvgIpc) is 2.76. The Morgan fingerprint density at radius 1 is 0.900 bits per heavy atom. The molecule has 4 rings (SSSR count). The third-order valence-electron chi connectivity index (χ3n) is 6.48. The van der Waals surface area contributed by atoms with Gasteiger partial charge in [0.1, 0.15) is 5.75 Å². The average molecular weight is 419 g/mol. The van der Waals surface area contributed by atoms with Gasteiger partial charge in [-0.05, 0) is 48.6 Å². The first-order valence-electron chi connectivity index (χ1n) is 10.9. The van der Waals surface area contributed by atoms with E-state index in [0.717, 1.165) is 24.7 Å². The van der Waals surface area contributed by atoms with Crippen molar-refractivity contribution in [2.24, 2.45) is 0 Å². The van der Waals surface area contributed by atoms with Crippen LogP contribution in [0.15, 0.2) is 42.5 Å². The van der Waals surface area contributed by atoms with Gasteiger partial charge < -0.3 is 10.0 Å². The number of halogens is 3. The lowest BCUT2D eigenvalue weighted by Crippen LogP contribution is -2.46. The highest BCUT2D eigenvalue weighted by Gasteiger charge is 2.31. The monoisotopic (exact) mass is 418 g/mol. The van der Waals surface area contributed by atoms with Crippen LogP contribution < -0.4 is 4.90 Å². The van der Waals surface area contributed by atoms with E-state index in [0.29, 0.717) is 37.0 Å². The molecule has 1 aliphatic heterocycles. The van der Waals surface area contributed by atoms with Gasteiger partial charge in [-0.15, -0.1) is 0 Å². The van der Waals surface area contributed by atoms with Gasteiger partial charge in [0.05, 0.1) is 5.56 Å². The van der Waals surface area contributed by atoms with Crippen LogP contribution in [0.1, 0.15) is 54.7 Å². The van der Waals surface area contributed by atoms with E-state index in [1.807, 2.05) is 11.0 Å². The molecular formula is C24H29F3N2O. The summed E-state index contributed by atoms with van der Waals surface area (Å²) in [6, 6.07) is 11.6. The van der Waals surface area contributed by atoms with E-state index >= 15 is 0 Å². The normalized spacial score (nSPS) is 19.2. The van der Waals surface area contributed by atoms with E-state index in [9.17, 15) is 18.3 Å². The second kappa shape index (κ2) is 8.88. The Morgan fingerprint density at radius 2 is 1.63 bits per heavy atom. The van der Waals surface area contributed by atoms with Crippen LogP contribution in [0.4, 0.5) is 18.9 Å². The maximum Gasteiger partial charge on any atom is 0.416 e. The number of benzene rings is 2. The van der Waals surface area contributed by atoms with Crippen molar-refractivity contribution in [2.45, 2.75) is 50.7 Å². The summed E-state index contributed by atoms with van der Waals surface area (Å²) in [5.41, 5.74) is 2.29. The van der Waals surface area contributed by atoms with Crippen molar-refractivity contribution in [3.8, 4) is 5.75 Å². The van der Waals surface area contributed by atoms with Crippen LogP contribution in [0.25, 0.3) is 0 Å². The number of nitrogens with zero attached hydrogens (tertiary/aromatic N) is 2. The summed E-state index contributed by atoms with van der Waals surface area (Å²) in [6.45, 7) is 3.52. The lowest BCUT2D eigenvalue weighted by molar-refractivity contribution is -0.137. The minimum atomic E-state index is -4.32. The predicted octanol–water partition coefficient (Wildman–Crippen LogP) is 5.78. The Balaban J connectivity index is 1.38. The van der Waals surface area contributed by atoms with Gasteiger partial charge in [-0.3, -0.25) is 4.90 Å². The van der Waals surface area contributed by atoms with Crippen molar-refractivity contribution in [3.63, 3.8) is 0 Å². The fraction of sp³-hybridized carbons (Fsp3) is 0.500. The van der Waals surface area contributed by atoms with Gasteiger partial charge >= 0.3 is 6.18 Å². The lowest BCUT2D eigenvalue weighted by atomic mass is 9.83. The molecule has 2 aliphatic rings. The van der Waals surface area contributed by atoms with Crippen molar-refractivity contribution in [3.05, 3.63) is 59.2 Å². The summed E-state index contributed by atoms with van der Waals surface area (Å²) in [6.07, 6.45) is 1.99. The highest BCUT2D eigenvalue weighted by molar-refractivity contribution is 5.49. The zero-order chi connectivity index (χ0) is 21.1. The molecule has 0 bridgehead atoms. The smallest absolute Gasteiger partial charge is 0.416 e.